The Kier molecular flexibility index (Phi) is 3.78. The minimum Gasteiger partial charge on any atom is -0.397 e. The van der Waals surface area contributed by atoms with Crippen molar-refractivity contribution in [2.45, 2.75) is 26.0 Å². The number of benzene rings is 1. The molecule has 0 aromatic heterocycles. The zero-order valence-electron chi connectivity index (χ0n) is 10.5. The highest BCUT2D eigenvalue weighted by Crippen LogP contribution is 2.25. The summed E-state index contributed by atoms with van der Waals surface area (Å²) in [5, 5.41) is 0.412. The van der Waals surface area contributed by atoms with E-state index in [2.05, 4.69) is 0 Å². The van der Waals surface area contributed by atoms with Crippen molar-refractivity contribution in [3.8, 4) is 0 Å². The zero-order valence-corrected chi connectivity index (χ0v) is 11.3. The highest BCUT2D eigenvalue weighted by molar-refractivity contribution is 6.33. The van der Waals surface area contributed by atoms with Gasteiger partial charge in [0.15, 0.2) is 0 Å². The Morgan fingerprint density at radius 2 is 2.22 bits per heavy atom. The molecule has 2 rings (SSSR count). The number of carbonyl (C=O) groups is 1. The number of anilines is 1. The molecular weight excluding hydrogens is 252 g/mol. The van der Waals surface area contributed by atoms with Gasteiger partial charge in [0.1, 0.15) is 0 Å². The van der Waals surface area contributed by atoms with Gasteiger partial charge in [-0.3, -0.25) is 4.79 Å². The third-order valence-corrected chi connectivity index (χ3v) is 3.48. The fraction of sp³-hybridized carbons (Fsp3) is 0.462. The van der Waals surface area contributed by atoms with Crippen LogP contribution >= 0.6 is 11.6 Å². The number of nitrogens with zero attached hydrogens (tertiary/aromatic N) is 1. The Morgan fingerprint density at radius 1 is 1.50 bits per heavy atom. The van der Waals surface area contributed by atoms with Crippen molar-refractivity contribution in [2.75, 3.05) is 18.9 Å². The number of hydrogen-bond donors (Lipinski definition) is 1. The van der Waals surface area contributed by atoms with E-state index in [0.29, 0.717) is 29.4 Å². The average molecular weight is 269 g/mol. The number of carbonyl (C=O) groups excluding carboxylic acids is 1. The topological polar surface area (TPSA) is 55.6 Å². The van der Waals surface area contributed by atoms with Crippen LogP contribution in [0.1, 0.15) is 24.2 Å². The first-order valence-corrected chi connectivity index (χ1v) is 6.35. The second-order valence-electron chi connectivity index (χ2n) is 4.65. The van der Waals surface area contributed by atoms with Crippen molar-refractivity contribution in [3.63, 3.8) is 0 Å². The normalized spacial score (nSPS) is 24.1. The van der Waals surface area contributed by atoms with E-state index in [9.17, 15) is 4.79 Å². The van der Waals surface area contributed by atoms with Gasteiger partial charge in [-0.2, -0.15) is 0 Å². The molecule has 0 saturated carbocycles. The number of halogens is 1. The molecule has 0 spiro atoms. The molecule has 1 aromatic carbocycles. The van der Waals surface area contributed by atoms with Crippen molar-refractivity contribution >= 4 is 23.2 Å². The van der Waals surface area contributed by atoms with E-state index in [4.69, 9.17) is 22.1 Å². The Hall–Kier alpha value is -1.26. The lowest BCUT2D eigenvalue weighted by Gasteiger charge is -2.37. The Morgan fingerprint density at radius 3 is 2.94 bits per heavy atom. The van der Waals surface area contributed by atoms with Crippen LogP contribution in [0.3, 0.4) is 0 Å². The van der Waals surface area contributed by atoms with Crippen LogP contribution < -0.4 is 5.73 Å². The number of para-hydroxylation sites is 1. The maximum absolute atomic E-state index is 12.5. The first-order chi connectivity index (χ1) is 8.50. The van der Waals surface area contributed by atoms with Gasteiger partial charge in [-0.05, 0) is 26.0 Å². The molecule has 0 aliphatic carbocycles. The third-order valence-electron chi connectivity index (χ3n) is 3.15. The number of nitrogens with two attached hydrogens (primary N) is 1. The summed E-state index contributed by atoms with van der Waals surface area (Å²) in [7, 11) is 0. The van der Waals surface area contributed by atoms with Gasteiger partial charge in [-0.15, -0.1) is 0 Å². The largest absolute Gasteiger partial charge is 0.397 e. The molecule has 1 aromatic rings. The number of nitrogen functional groups attached to an aromatic ring is 1. The van der Waals surface area contributed by atoms with Crippen LogP contribution in [0.25, 0.3) is 0 Å². The van der Waals surface area contributed by atoms with Gasteiger partial charge in [-0.25, -0.2) is 0 Å². The summed E-state index contributed by atoms with van der Waals surface area (Å²) in [6.07, 6.45) is 0.0468. The predicted molar refractivity (Wildman–Crippen MR) is 71.8 cm³/mol. The molecule has 1 aliphatic rings. The molecular formula is C13H17ClN2O2. The molecule has 18 heavy (non-hydrogen) atoms. The maximum atomic E-state index is 12.5. The molecule has 0 radical (unpaired) electrons. The summed E-state index contributed by atoms with van der Waals surface area (Å²) in [6, 6.07) is 5.17. The van der Waals surface area contributed by atoms with Gasteiger partial charge >= 0.3 is 0 Å². The minimum atomic E-state index is -0.0855. The first-order valence-electron chi connectivity index (χ1n) is 5.97. The van der Waals surface area contributed by atoms with Crippen LogP contribution in [0.15, 0.2) is 18.2 Å². The predicted octanol–water partition coefficient (Wildman–Crippen LogP) is 2.17. The molecule has 1 heterocycles. The van der Waals surface area contributed by atoms with E-state index in [-0.39, 0.29) is 18.1 Å². The van der Waals surface area contributed by atoms with Gasteiger partial charge in [-0.1, -0.05) is 17.7 Å². The van der Waals surface area contributed by atoms with Crippen molar-refractivity contribution in [1.29, 1.82) is 0 Å². The molecule has 2 unspecified atom stereocenters. The van der Waals surface area contributed by atoms with E-state index in [1.807, 2.05) is 13.8 Å². The Balaban J connectivity index is 2.27. The number of hydrogen-bond acceptors (Lipinski definition) is 3. The quantitative estimate of drug-likeness (QED) is 0.794. The van der Waals surface area contributed by atoms with Crippen LogP contribution in [0, 0.1) is 0 Å². The number of rotatable bonds is 1. The lowest BCUT2D eigenvalue weighted by Crippen LogP contribution is -2.50. The zero-order chi connectivity index (χ0) is 13.3. The van der Waals surface area contributed by atoms with Gasteiger partial charge in [0.05, 0.1) is 35.0 Å². The maximum Gasteiger partial charge on any atom is 0.256 e. The van der Waals surface area contributed by atoms with Crippen LogP contribution in [0.5, 0.6) is 0 Å². The van der Waals surface area contributed by atoms with Gasteiger partial charge < -0.3 is 15.4 Å². The standard InChI is InChI=1S/C13H17ClN2O2/c1-8-7-18-9(2)6-16(8)13(17)10-4-3-5-11(14)12(10)15/h3-5,8-9H,6-7,15H2,1-2H3. The third kappa shape index (κ3) is 2.44. The summed E-state index contributed by atoms with van der Waals surface area (Å²) in [5.74, 6) is -0.0855. The van der Waals surface area contributed by atoms with E-state index < -0.39 is 0 Å². The second kappa shape index (κ2) is 5.16. The van der Waals surface area contributed by atoms with E-state index in [0.717, 1.165) is 0 Å². The monoisotopic (exact) mass is 268 g/mol. The van der Waals surface area contributed by atoms with Crippen LogP contribution in [-0.2, 0) is 4.74 Å². The molecule has 1 fully saturated rings. The number of amides is 1. The Labute approximate surface area is 112 Å². The lowest BCUT2D eigenvalue weighted by atomic mass is 10.1. The minimum absolute atomic E-state index is 0.0468. The van der Waals surface area contributed by atoms with Gasteiger partial charge in [0.25, 0.3) is 5.91 Å². The molecule has 1 aliphatic heterocycles. The SMILES string of the molecule is CC1CN(C(=O)c2cccc(Cl)c2N)C(C)CO1. The molecule has 2 N–H and O–H groups in total. The molecule has 4 nitrogen and oxygen atoms in total. The fourth-order valence-electron chi connectivity index (χ4n) is 2.06. The van der Waals surface area contributed by atoms with Gasteiger partial charge in [0.2, 0.25) is 0 Å². The number of morpholine rings is 1. The van der Waals surface area contributed by atoms with E-state index >= 15 is 0 Å². The fourth-order valence-corrected chi connectivity index (χ4v) is 2.24. The molecule has 1 amide bonds. The van der Waals surface area contributed by atoms with E-state index in [1.54, 1.807) is 23.1 Å². The van der Waals surface area contributed by atoms with Gasteiger partial charge in [0, 0.05) is 6.54 Å². The lowest BCUT2D eigenvalue weighted by molar-refractivity contribution is -0.0386. The smallest absolute Gasteiger partial charge is 0.256 e. The highest BCUT2D eigenvalue weighted by atomic mass is 35.5. The van der Waals surface area contributed by atoms with Crippen LogP contribution in [0.4, 0.5) is 5.69 Å². The number of ether oxygens (including phenoxy) is 1. The molecule has 0 bridgehead atoms. The molecule has 2 atom stereocenters. The summed E-state index contributed by atoms with van der Waals surface area (Å²) < 4.78 is 5.51. The van der Waals surface area contributed by atoms with Crippen molar-refractivity contribution in [3.05, 3.63) is 28.8 Å². The summed E-state index contributed by atoms with van der Waals surface area (Å²) in [5.41, 5.74) is 6.66. The molecule has 98 valence electrons. The van der Waals surface area contributed by atoms with Crippen molar-refractivity contribution in [1.82, 2.24) is 4.90 Å². The summed E-state index contributed by atoms with van der Waals surface area (Å²) >= 11 is 5.94. The summed E-state index contributed by atoms with van der Waals surface area (Å²) in [4.78, 5) is 14.2. The van der Waals surface area contributed by atoms with Crippen molar-refractivity contribution in [2.24, 2.45) is 0 Å². The van der Waals surface area contributed by atoms with Crippen LogP contribution in [0.2, 0.25) is 5.02 Å². The molecule has 5 heteroatoms. The van der Waals surface area contributed by atoms with Crippen LogP contribution in [-0.4, -0.2) is 36.1 Å². The van der Waals surface area contributed by atoms with E-state index in [1.165, 1.54) is 0 Å². The molecule has 1 saturated heterocycles. The highest BCUT2D eigenvalue weighted by Gasteiger charge is 2.29. The average Bonchev–Trinajstić information content (AvgIpc) is 2.35. The first kappa shape index (κ1) is 13.2. The Bertz CT molecular complexity index is 464. The van der Waals surface area contributed by atoms with Crippen molar-refractivity contribution < 1.29 is 9.53 Å². The second-order valence-corrected chi connectivity index (χ2v) is 5.06. The summed E-state index contributed by atoms with van der Waals surface area (Å²) in [6.45, 7) is 5.04.